The van der Waals surface area contributed by atoms with Crippen molar-refractivity contribution in [2.75, 3.05) is 0 Å². The molecule has 0 spiro atoms. The fourth-order valence-corrected chi connectivity index (χ4v) is 0. The van der Waals surface area contributed by atoms with Crippen LogP contribution in [0.3, 0.4) is 0 Å². The molecule has 0 aromatic carbocycles. The molecule has 0 saturated heterocycles. The van der Waals surface area contributed by atoms with Gasteiger partial charge in [-0.3, -0.25) is 0 Å². The Morgan fingerprint density at radius 1 is 1.00 bits per heavy atom. The predicted octanol–water partition coefficient (Wildman–Crippen LogP) is -0.126. The van der Waals surface area contributed by atoms with Gasteiger partial charge in [-0.2, -0.15) is 0 Å². The van der Waals surface area contributed by atoms with E-state index in [-0.39, 0.29) is 56.4 Å². The molecule has 0 aliphatic carbocycles. The maximum atomic E-state index is 0. The second kappa shape index (κ2) is 24.4. The van der Waals surface area contributed by atoms with E-state index in [9.17, 15) is 0 Å². The summed E-state index contributed by atoms with van der Waals surface area (Å²) in [6.45, 7) is 0. The van der Waals surface area contributed by atoms with Crippen molar-refractivity contribution in [3.05, 3.63) is 0 Å². The van der Waals surface area contributed by atoms with Crippen molar-refractivity contribution in [1.82, 2.24) is 0 Å². The third kappa shape index (κ3) is 9.71. The molecule has 0 heterocycles. The van der Waals surface area contributed by atoms with Crippen molar-refractivity contribution in [2.24, 2.45) is 0 Å². The van der Waals surface area contributed by atoms with Gasteiger partial charge in [-0.25, -0.2) is 0 Å². The Morgan fingerprint density at radius 3 is 1.00 bits per heavy atom. The van der Waals surface area contributed by atoms with E-state index in [1.54, 1.807) is 0 Å². The molecule has 2 radical (unpaired) electrons. The molecule has 0 unspecified atom stereocenters. The zero-order chi connectivity index (χ0) is 0. The van der Waals surface area contributed by atoms with Gasteiger partial charge in [-0.05, 0) is 0 Å². The molecule has 0 aliphatic rings. The van der Waals surface area contributed by atoms with E-state index >= 15 is 0 Å². The third-order valence-corrected chi connectivity index (χ3v) is 0. The Balaban J connectivity index is 0. The fraction of sp³-hybridized carbons (Fsp3) is 0. The molecule has 0 aromatic heterocycles. The first-order valence-corrected chi connectivity index (χ1v) is 0. The van der Waals surface area contributed by atoms with Crippen LogP contribution in [0.5, 0.6) is 0 Å². The van der Waals surface area contributed by atoms with E-state index in [2.05, 4.69) is 0 Å². The largest absolute Gasteiger partial charge is 3.00 e. The smallest absolute Gasteiger partial charge is 2.00 e. The van der Waals surface area contributed by atoms with Crippen molar-refractivity contribution < 1.29 is 56.4 Å². The monoisotopic (exact) mass is 181 g/mol. The van der Waals surface area contributed by atoms with Crippen LogP contribution < -0.4 is 0 Å². The summed E-state index contributed by atoms with van der Waals surface area (Å²) in [7, 11) is 0. The van der Waals surface area contributed by atoms with Crippen LogP contribution >= 0.6 is 0 Å². The maximum absolute atomic E-state index is 0. The van der Waals surface area contributed by atoms with E-state index in [4.69, 9.17) is 0 Å². The van der Waals surface area contributed by atoms with Gasteiger partial charge in [0.2, 0.25) is 0 Å². The molecule has 0 aromatic rings. The quantitative estimate of drug-likeness (QED) is 0.466. The van der Waals surface area contributed by atoms with Gasteiger partial charge in [0.25, 0.3) is 0 Å². The molecule has 1 nitrogen and oxygen atoms in total. The second-order valence-corrected chi connectivity index (χ2v) is 0. The minimum Gasteiger partial charge on any atom is -2.00 e. The first-order valence-electron chi connectivity index (χ1n) is 0. The maximum Gasteiger partial charge on any atom is 3.00 e. The van der Waals surface area contributed by atoms with E-state index in [0.717, 1.165) is 0 Å². The summed E-state index contributed by atoms with van der Waals surface area (Å²) in [5.41, 5.74) is 0. The molecule has 0 N–H and O–H groups in total. The first-order chi connectivity index (χ1) is 0. The molecule has 0 atom stereocenters. The Hall–Kier alpha value is 1.51. The SMILES string of the molecule is [Cr+3].[Mn+2].[Ni+2].[O-2]. The normalized spacial score (nSPS) is 0. The summed E-state index contributed by atoms with van der Waals surface area (Å²) < 4.78 is 0. The average Bonchev–Trinajstić information content (AvgIpc) is 0. The number of hydrogen-bond acceptors (Lipinski definition) is 0. The Kier molecular flexibility index (Phi) is 301. The van der Waals surface area contributed by atoms with Crippen molar-refractivity contribution in [2.45, 2.75) is 0 Å². The zero-order valence-electron chi connectivity index (χ0n) is 1.51. The molecule has 24 valence electrons. The Morgan fingerprint density at radius 2 is 1.00 bits per heavy atom. The molecular weight excluding hydrogens is 182 g/mol. The standard InChI is InChI=1S/Cr.Mn.Ni.O/q+3;2*+2;-2. The summed E-state index contributed by atoms with van der Waals surface area (Å²) >= 11 is 0. The molecular formula is CrMnNiO+5. The van der Waals surface area contributed by atoms with Crippen molar-refractivity contribution >= 4 is 0 Å². The third-order valence-electron chi connectivity index (χ3n) is 0. The van der Waals surface area contributed by atoms with Gasteiger partial charge >= 0.3 is 50.9 Å². The van der Waals surface area contributed by atoms with Crippen molar-refractivity contribution in [3.63, 3.8) is 0 Å². The second-order valence-electron chi connectivity index (χ2n) is 0. The number of rotatable bonds is 0. The van der Waals surface area contributed by atoms with Crippen LogP contribution in [0, 0.1) is 0 Å². The van der Waals surface area contributed by atoms with Gasteiger partial charge in [-0.15, -0.1) is 0 Å². The average molecular weight is 182 g/mol. The summed E-state index contributed by atoms with van der Waals surface area (Å²) in [5, 5.41) is 0. The van der Waals surface area contributed by atoms with Gasteiger partial charge in [-0.1, -0.05) is 0 Å². The van der Waals surface area contributed by atoms with E-state index in [1.165, 1.54) is 0 Å². The minimum absolute atomic E-state index is 0. The van der Waals surface area contributed by atoms with Crippen LogP contribution in [0.2, 0.25) is 0 Å². The predicted molar refractivity (Wildman–Crippen MR) is 0.686 cm³/mol. The van der Waals surface area contributed by atoms with E-state index in [0.29, 0.717) is 0 Å². The van der Waals surface area contributed by atoms with Crippen LogP contribution in [0.15, 0.2) is 0 Å². The van der Waals surface area contributed by atoms with Gasteiger partial charge in [0.15, 0.2) is 0 Å². The molecule has 0 rings (SSSR count). The van der Waals surface area contributed by atoms with Crippen LogP contribution in [-0.2, 0) is 56.4 Å². The molecule has 0 bridgehead atoms. The number of hydrogen-bond donors (Lipinski definition) is 0. The first kappa shape index (κ1) is 49.3. The molecule has 0 saturated carbocycles. The van der Waals surface area contributed by atoms with Crippen molar-refractivity contribution in [1.29, 1.82) is 0 Å². The van der Waals surface area contributed by atoms with Gasteiger partial charge in [0.1, 0.15) is 0 Å². The van der Waals surface area contributed by atoms with Crippen LogP contribution in [0.4, 0.5) is 0 Å². The minimum atomic E-state index is 0. The zero-order valence-corrected chi connectivity index (χ0v) is 4.95. The van der Waals surface area contributed by atoms with Crippen molar-refractivity contribution in [3.8, 4) is 0 Å². The Bertz CT molecular complexity index is 8.00. The van der Waals surface area contributed by atoms with Crippen LogP contribution in [-0.4, -0.2) is 0 Å². The van der Waals surface area contributed by atoms with Gasteiger partial charge in [0.05, 0.1) is 0 Å². The molecule has 0 amide bonds. The van der Waals surface area contributed by atoms with E-state index < -0.39 is 0 Å². The summed E-state index contributed by atoms with van der Waals surface area (Å²) in [4.78, 5) is 0. The summed E-state index contributed by atoms with van der Waals surface area (Å²) in [6, 6.07) is 0. The Labute approximate surface area is 56.4 Å². The van der Waals surface area contributed by atoms with E-state index in [1.807, 2.05) is 0 Å². The summed E-state index contributed by atoms with van der Waals surface area (Å²) in [5.74, 6) is 0. The summed E-state index contributed by atoms with van der Waals surface area (Å²) in [6.07, 6.45) is 0. The van der Waals surface area contributed by atoms with Gasteiger partial charge in [0, 0.05) is 0 Å². The van der Waals surface area contributed by atoms with Crippen LogP contribution in [0.25, 0.3) is 0 Å². The van der Waals surface area contributed by atoms with Gasteiger partial charge < -0.3 is 5.48 Å². The molecule has 4 heteroatoms. The fourth-order valence-electron chi connectivity index (χ4n) is 0. The van der Waals surface area contributed by atoms with Crippen LogP contribution in [0.1, 0.15) is 0 Å². The topological polar surface area (TPSA) is 28.5 Å². The molecule has 0 aliphatic heterocycles. The molecule has 4 heavy (non-hydrogen) atoms. The molecule has 0 fully saturated rings.